The molecule has 1 amide bonds. The van der Waals surface area contributed by atoms with Gasteiger partial charge in [0.2, 0.25) is 0 Å². The van der Waals surface area contributed by atoms with E-state index in [1.54, 1.807) is 28.9 Å². The molecule has 0 saturated heterocycles. The number of nitrogens with one attached hydrogen (secondary N) is 1. The molecule has 0 unspecified atom stereocenters. The first kappa shape index (κ1) is 16.4. The normalized spacial score (nSPS) is 15.0. The first-order valence-corrected chi connectivity index (χ1v) is 8.44. The fourth-order valence-electron chi connectivity index (χ4n) is 2.90. The lowest BCUT2D eigenvalue weighted by Gasteiger charge is -2.12. The lowest BCUT2D eigenvalue weighted by molar-refractivity contribution is 0.0938. The molecule has 1 aromatic heterocycles. The van der Waals surface area contributed by atoms with Crippen molar-refractivity contribution in [2.24, 2.45) is 0 Å². The third-order valence-corrected chi connectivity index (χ3v) is 4.22. The fraction of sp³-hybridized carbons (Fsp3) is 0.529. The van der Waals surface area contributed by atoms with Crippen LogP contribution in [0.25, 0.3) is 0 Å². The second-order valence-electron chi connectivity index (χ2n) is 6.40. The third-order valence-electron chi connectivity index (χ3n) is 4.22. The Hall–Kier alpha value is -2.44. The molecule has 1 aromatic carbocycles. The topological polar surface area (TPSA) is 81.9 Å². The second-order valence-corrected chi connectivity index (χ2v) is 6.40. The highest BCUT2D eigenvalue weighted by Crippen LogP contribution is 2.19. The van der Waals surface area contributed by atoms with E-state index in [4.69, 9.17) is 4.74 Å². The summed E-state index contributed by atoms with van der Waals surface area (Å²) in [5.41, 5.74) is 0.654. The van der Waals surface area contributed by atoms with Crippen molar-refractivity contribution in [1.29, 1.82) is 0 Å². The molecule has 2 aromatic rings. The predicted octanol–water partition coefficient (Wildman–Crippen LogP) is 2.51. The van der Waals surface area contributed by atoms with Gasteiger partial charge < -0.3 is 10.1 Å². The predicted molar refractivity (Wildman–Crippen MR) is 88.7 cm³/mol. The van der Waals surface area contributed by atoms with Crippen molar-refractivity contribution in [1.82, 2.24) is 25.5 Å². The van der Waals surface area contributed by atoms with Crippen molar-refractivity contribution < 1.29 is 9.53 Å². The molecule has 3 rings (SSSR count). The van der Waals surface area contributed by atoms with Crippen LogP contribution in [0.1, 0.15) is 61.8 Å². The van der Waals surface area contributed by atoms with Gasteiger partial charge >= 0.3 is 0 Å². The Morgan fingerprint density at radius 2 is 2.00 bits per heavy atom. The molecular formula is C17H23N5O2. The molecule has 0 radical (unpaired) electrons. The number of nitrogens with zero attached hydrogens (tertiary/aromatic N) is 4. The molecule has 24 heavy (non-hydrogen) atoms. The zero-order valence-electron chi connectivity index (χ0n) is 14.1. The molecule has 128 valence electrons. The van der Waals surface area contributed by atoms with Gasteiger partial charge in [-0.2, -0.15) is 0 Å². The van der Waals surface area contributed by atoms with Crippen LogP contribution in [0.15, 0.2) is 24.3 Å². The van der Waals surface area contributed by atoms with Crippen molar-refractivity contribution in [3.63, 3.8) is 0 Å². The maximum absolute atomic E-state index is 12.2. The molecule has 1 fully saturated rings. The number of carbonyl (C=O) groups is 1. The van der Waals surface area contributed by atoms with Crippen molar-refractivity contribution in [3.8, 4) is 5.75 Å². The molecule has 1 aliphatic rings. The van der Waals surface area contributed by atoms with Gasteiger partial charge in [-0.1, -0.05) is 12.8 Å². The second kappa shape index (κ2) is 7.42. The minimum atomic E-state index is -0.0165. The maximum atomic E-state index is 12.2. The molecule has 0 atom stereocenters. The van der Waals surface area contributed by atoms with Crippen LogP contribution in [0.4, 0.5) is 0 Å². The lowest BCUT2D eigenvalue weighted by atomic mass is 10.1. The molecule has 7 heteroatoms. The third kappa shape index (κ3) is 3.90. The first-order chi connectivity index (χ1) is 11.6. The number of amides is 1. The van der Waals surface area contributed by atoms with E-state index in [2.05, 4.69) is 20.8 Å². The van der Waals surface area contributed by atoms with Crippen LogP contribution in [0, 0.1) is 0 Å². The van der Waals surface area contributed by atoms with Crippen LogP contribution in [-0.4, -0.2) is 32.2 Å². The number of tetrazole rings is 1. The molecule has 7 nitrogen and oxygen atoms in total. The van der Waals surface area contributed by atoms with Crippen LogP contribution in [0.3, 0.4) is 0 Å². The zero-order chi connectivity index (χ0) is 16.9. The van der Waals surface area contributed by atoms with E-state index in [0.717, 1.165) is 12.8 Å². The van der Waals surface area contributed by atoms with Gasteiger partial charge in [0.25, 0.3) is 5.91 Å². The summed E-state index contributed by atoms with van der Waals surface area (Å²) < 4.78 is 7.44. The lowest BCUT2D eigenvalue weighted by Crippen LogP contribution is -2.32. The van der Waals surface area contributed by atoms with E-state index in [1.807, 2.05) is 13.8 Å². The highest BCUT2D eigenvalue weighted by Gasteiger charge is 2.18. The first-order valence-electron chi connectivity index (χ1n) is 8.44. The van der Waals surface area contributed by atoms with E-state index in [0.29, 0.717) is 29.8 Å². The van der Waals surface area contributed by atoms with Gasteiger partial charge in [0.1, 0.15) is 12.4 Å². The number of carbonyl (C=O) groups excluding carboxylic acids is 1. The molecule has 1 saturated carbocycles. The molecule has 1 aliphatic carbocycles. The van der Waals surface area contributed by atoms with E-state index in [-0.39, 0.29) is 11.9 Å². The van der Waals surface area contributed by atoms with Gasteiger partial charge in [-0.15, -0.1) is 5.10 Å². The smallest absolute Gasteiger partial charge is 0.251 e. The van der Waals surface area contributed by atoms with Crippen LogP contribution in [0.2, 0.25) is 0 Å². The number of rotatable bonds is 6. The van der Waals surface area contributed by atoms with Crippen molar-refractivity contribution in [3.05, 3.63) is 35.7 Å². The molecule has 1 heterocycles. The number of ether oxygens (including phenoxy) is 1. The Bertz CT molecular complexity index is 675. The minimum Gasteiger partial charge on any atom is -0.486 e. The Morgan fingerprint density at radius 3 is 2.67 bits per heavy atom. The Labute approximate surface area is 141 Å². The Kier molecular flexibility index (Phi) is 5.08. The van der Waals surface area contributed by atoms with Gasteiger partial charge in [0.15, 0.2) is 5.82 Å². The number of hydrogen-bond donors (Lipinski definition) is 1. The summed E-state index contributed by atoms with van der Waals surface area (Å²) in [6.45, 7) is 4.31. The zero-order valence-corrected chi connectivity index (χ0v) is 14.1. The summed E-state index contributed by atoms with van der Waals surface area (Å²) in [5.74, 6) is 1.34. The van der Waals surface area contributed by atoms with Gasteiger partial charge in [0, 0.05) is 11.6 Å². The van der Waals surface area contributed by atoms with Crippen molar-refractivity contribution >= 4 is 5.91 Å². The highest BCUT2D eigenvalue weighted by molar-refractivity contribution is 5.94. The molecular weight excluding hydrogens is 306 g/mol. The van der Waals surface area contributed by atoms with Gasteiger partial charge in [0.05, 0.1) is 6.04 Å². The summed E-state index contributed by atoms with van der Waals surface area (Å²) in [5, 5.41) is 14.7. The Balaban J connectivity index is 1.56. The standard InChI is InChI=1S/C17H23N5O2/c1-12(2)22-16(19-20-21-22)11-24-15-9-7-13(8-10-15)17(23)18-14-5-3-4-6-14/h7-10,12,14H,3-6,11H2,1-2H3,(H,18,23). The monoisotopic (exact) mass is 329 g/mol. The quantitative estimate of drug-likeness (QED) is 0.880. The summed E-state index contributed by atoms with van der Waals surface area (Å²) in [6.07, 6.45) is 4.57. The summed E-state index contributed by atoms with van der Waals surface area (Å²) in [6, 6.07) is 7.67. The van der Waals surface area contributed by atoms with E-state index in [1.165, 1.54) is 12.8 Å². The molecule has 0 bridgehead atoms. The van der Waals surface area contributed by atoms with Crippen molar-refractivity contribution in [2.75, 3.05) is 0 Å². The molecule has 0 aliphatic heterocycles. The van der Waals surface area contributed by atoms with Gasteiger partial charge in [-0.3, -0.25) is 4.79 Å². The summed E-state index contributed by atoms with van der Waals surface area (Å²) in [7, 11) is 0. The van der Waals surface area contributed by atoms with Crippen molar-refractivity contribution in [2.45, 2.75) is 58.2 Å². The Morgan fingerprint density at radius 1 is 1.29 bits per heavy atom. The largest absolute Gasteiger partial charge is 0.486 e. The maximum Gasteiger partial charge on any atom is 0.251 e. The van der Waals surface area contributed by atoms with E-state index >= 15 is 0 Å². The van der Waals surface area contributed by atoms with Crippen LogP contribution >= 0.6 is 0 Å². The van der Waals surface area contributed by atoms with Crippen LogP contribution < -0.4 is 10.1 Å². The van der Waals surface area contributed by atoms with Crippen LogP contribution in [-0.2, 0) is 6.61 Å². The van der Waals surface area contributed by atoms with Gasteiger partial charge in [-0.25, -0.2) is 4.68 Å². The number of hydrogen-bond acceptors (Lipinski definition) is 5. The highest BCUT2D eigenvalue weighted by atomic mass is 16.5. The number of benzene rings is 1. The fourth-order valence-corrected chi connectivity index (χ4v) is 2.90. The van der Waals surface area contributed by atoms with E-state index in [9.17, 15) is 4.79 Å². The molecule has 0 spiro atoms. The van der Waals surface area contributed by atoms with E-state index < -0.39 is 0 Å². The summed E-state index contributed by atoms with van der Waals surface area (Å²) in [4.78, 5) is 12.2. The molecule has 1 N–H and O–H groups in total. The average Bonchev–Trinajstić information content (AvgIpc) is 3.24. The SMILES string of the molecule is CC(C)n1nnnc1COc1ccc(C(=O)NC2CCCC2)cc1. The van der Waals surface area contributed by atoms with Gasteiger partial charge in [-0.05, 0) is 61.4 Å². The van der Waals surface area contributed by atoms with Crippen LogP contribution in [0.5, 0.6) is 5.75 Å². The summed E-state index contributed by atoms with van der Waals surface area (Å²) >= 11 is 0. The average molecular weight is 329 g/mol. The number of aromatic nitrogens is 4. The minimum absolute atomic E-state index is 0.0165.